The summed E-state index contributed by atoms with van der Waals surface area (Å²) in [5, 5.41) is 5.52. The van der Waals surface area contributed by atoms with Crippen molar-refractivity contribution in [3.63, 3.8) is 0 Å². The van der Waals surface area contributed by atoms with E-state index in [1.807, 2.05) is 18.7 Å². The van der Waals surface area contributed by atoms with E-state index in [2.05, 4.69) is 10.6 Å². The molecule has 0 atom stereocenters. The number of carbonyl (C=O) groups is 2. The van der Waals surface area contributed by atoms with Crippen LogP contribution >= 0.6 is 0 Å². The summed E-state index contributed by atoms with van der Waals surface area (Å²) >= 11 is 0. The molecule has 1 aliphatic heterocycles. The van der Waals surface area contributed by atoms with Gasteiger partial charge in [-0.15, -0.1) is 0 Å². The highest BCUT2D eigenvalue weighted by atomic mass is 16.5. The molecular weight excluding hydrogens is 336 g/mol. The fourth-order valence-corrected chi connectivity index (χ4v) is 2.68. The summed E-state index contributed by atoms with van der Waals surface area (Å²) in [6, 6.07) is 5.14. The Labute approximate surface area is 154 Å². The monoisotopic (exact) mass is 364 g/mol. The number of hydrogen-bond acceptors (Lipinski definition) is 5. The molecule has 0 spiro atoms. The van der Waals surface area contributed by atoms with Gasteiger partial charge in [-0.1, -0.05) is 0 Å². The van der Waals surface area contributed by atoms with Crippen LogP contribution in [0.25, 0.3) is 0 Å². The van der Waals surface area contributed by atoms with Gasteiger partial charge in [-0.2, -0.15) is 0 Å². The predicted molar refractivity (Wildman–Crippen MR) is 99.9 cm³/mol. The quantitative estimate of drug-likeness (QED) is 0.797. The topological polar surface area (TPSA) is 83.1 Å². The second-order valence-electron chi connectivity index (χ2n) is 6.40. The molecule has 8 nitrogen and oxygen atoms in total. The van der Waals surface area contributed by atoms with Gasteiger partial charge in [0.05, 0.1) is 25.4 Å². The number of nitrogens with one attached hydrogen (secondary N) is 2. The molecule has 0 radical (unpaired) electrons. The largest absolute Gasteiger partial charge is 0.497 e. The van der Waals surface area contributed by atoms with Crippen molar-refractivity contribution in [3.8, 4) is 11.5 Å². The Balaban J connectivity index is 1.98. The van der Waals surface area contributed by atoms with Gasteiger partial charge < -0.3 is 25.0 Å². The molecule has 26 heavy (non-hydrogen) atoms. The van der Waals surface area contributed by atoms with Gasteiger partial charge in [-0.3, -0.25) is 9.69 Å². The standard InChI is InChI=1S/C18H28N4O4/c1-13(2)26-16-6-5-14(25-4)11-15(16)20-18(24)22-9-7-21(8-10-22)12-17(23)19-3/h5-6,11,13H,7-10,12H2,1-4H3,(H,19,23)(H,20,24). The molecule has 1 aromatic rings. The van der Waals surface area contributed by atoms with Crippen molar-refractivity contribution in [2.75, 3.05) is 52.2 Å². The molecular formula is C18H28N4O4. The number of amides is 3. The maximum atomic E-state index is 12.6. The fourth-order valence-electron chi connectivity index (χ4n) is 2.68. The van der Waals surface area contributed by atoms with Gasteiger partial charge in [0.25, 0.3) is 0 Å². The number of carbonyl (C=O) groups excluding carboxylic acids is 2. The minimum atomic E-state index is -0.188. The third kappa shape index (κ3) is 5.52. The summed E-state index contributed by atoms with van der Waals surface area (Å²) in [6.07, 6.45) is -0.00713. The highest BCUT2D eigenvalue weighted by Gasteiger charge is 2.23. The van der Waals surface area contributed by atoms with Crippen LogP contribution in [0.5, 0.6) is 11.5 Å². The first-order valence-corrected chi connectivity index (χ1v) is 8.76. The van der Waals surface area contributed by atoms with Crippen LogP contribution in [0.1, 0.15) is 13.8 Å². The molecule has 144 valence electrons. The first-order chi connectivity index (χ1) is 12.4. The summed E-state index contributed by atoms with van der Waals surface area (Å²) in [6.45, 7) is 6.67. The van der Waals surface area contributed by atoms with Gasteiger partial charge in [0.2, 0.25) is 5.91 Å². The van der Waals surface area contributed by atoms with Gasteiger partial charge in [0.1, 0.15) is 11.5 Å². The third-order valence-corrected chi connectivity index (χ3v) is 4.10. The Bertz CT molecular complexity index is 628. The molecule has 0 aliphatic carbocycles. The summed E-state index contributed by atoms with van der Waals surface area (Å²) in [5.41, 5.74) is 0.579. The van der Waals surface area contributed by atoms with Crippen LogP contribution in [-0.4, -0.2) is 74.7 Å². The average molecular weight is 364 g/mol. The third-order valence-electron chi connectivity index (χ3n) is 4.10. The van der Waals surface area contributed by atoms with E-state index in [1.54, 1.807) is 37.3 Å². The number of anilines is 1. The minimum absolute atomic E-state index is 0.00713. The second-order valence-corrected chi connectivity index (χ2v) is 6.40. The van der Waals surface area contributed by atoms with Crippen molar-refractivity contribution in [2.45, 2.75) is 20.0 Å². The van der Waals surface area contributed by atoms with E-state index < -0.39 is 0 Å². The number of urea groups is 1. The number of benzene rings is 1. The SMILES string of the molecule is CNC(=O)CN1CCN(C(=O)Nc2cc(OC)ccc2OC(C)C)CC1. The van der Waals surface area contributed by atoms with E-state index in [9.17, 15) is 9.59 Å². The zero-order valence-electron chi connectivity index (χ0n) is 15.9. The van der Waals surface area contributed by atoms with Gasteiger partial charge in [0.15, 0.2) is 0 Å². The van der Waals surface area contributed by atoms with Crippen LogP contribution in [0.2, 0.25) is 0 Å². The van der Waals surface area contributed by atoms with Crippen molar-refractivity contribution >= 4 is 17.6 Å². The van der Waals surface area contributed by atoms with E-state index in [1.165, 1.54) is 0 Å². The first kappa shape index (κ1) is 19.8. The Kier molecular flexibility index (Phi) is 7.08. The van der Waals surface area contributed by atoms with E-state index in [4.69, 9.17) is 9.47 Å². The first-order valence-electron chi connectivity index (χ1n) is 8.76. The zero-order chi connectivity index (χ0) is 19.1. The molecule has 0 bridgehead atoms. The number of likely N-dealkylation sites (N-methyl/N-ethyl adjacent to an activating group) is 1. The van der Waals surface area contributed by atoms with Gasteiger partial charge in [0, 0.05) is 39.3 Å². The zero-order valence-corrected chi connectivity index (χ0v) is 15.9. The smallest absolute Gasteiger partial charge is 0.322 e. The average Bonchev–Trinajstić information content (AvgIpc) is 2.63. The van der Waals surface area contributed by atoms with E-state index in [-0.39, 0.29) is 18.0 Å². The molecule has 0 unspecified atom stereocenters. The molecule has 3 amide bonds. The van der Waals surface area contributed by atoms with Crippen molar-refractivity contribution in [1.82, 2.24) is 15.1 Å². The lowest BCUT2D eigenvalue weighted by Gasteiger charge is -2.34. The van der Waals surface area contributed by atoms with Crippen molar-refractivity contribution in [3.05, 3.63) is 18.2 Å². The van der Waals surface area contributed by atoms with Crippen LogP contribution < -0.4 is 20.1 Å². The van der Waals surface area contributed by atoms with Gasteiger partial charge in [-0.05, 0) is 26.0 Å². The molecule has 1 heterocycles. The number of rotatable bonds is 6. The highest BCUT2D eigenvalue weighted by Crippen LogP contribution is 2.30. The van der Waals surface area contributed by atoms with Crippen molar-refractivity contribution in [1.29, 1.82) is 0 Å². The number of methoxy groups -OCH3 is 1. The molecule has 1 aromatic carbocycles. The number of hydrogen-bond donors (Lipinski definition) is 2. The van der Waals surface area contributed by atoms with E-state index >= 15 is 0 Å². The lowest BCUT2D eigenvalue weighted by atomic mass is 10.2. The summed E-state index contributed by atoms with van der Waals surface area (Å²) < 4.78 is 11.0. The lowest BCUT2D eigenvalue weighted by molar-refractivity contribution is -0.122. The highest BCUT2D eigenvalue weighted by molar-refractivity contribution is 5.91. The van der Waals surface area contributed by atoms with Crippen molar-refractivity contribution in [2.24, 2.45) is 0 Å². The molecule has 1 saturated heterocycles. The number of nitrogens with zero attached hydrogens (tertiary/aromatic N) is 2. The van der Waals surface area contributed by atoms with Crippen LogP contribution in [0, 0.1) is 0 Å². The maximum absolute atomic E-state index is 12.6. The van der Waals surface area contributed by atoms with Crippen LogP contribution in [-0.2, 0) is 4.79 Å². The molecule has 0 saturated carbocycles. The predicted octanol–water partition coefficient (Wildman–Crippen LogP) is 1.38. The molecule has 0 aromatic heterocycles. The summed E-state index contributed by atoms with van der Waals surface area (Å²) in [4.78, 5) is 27.8. The van der Waals surface area contributed by atoms with Crippen molar-refractivity contribution < 1.29 is 19.1 Å². The molecule has 8 heteroatoms. The van der Waals surface area contributed by atoms with E-state index in [0.717, 1.165) is 0 Å². The Morgan fingerprint density at radius 3 is 2.46 bits per heavy atom. The van der Waals surface area contributed by atoms with Crippen LogP contribution in [0.4, 0.5) is 10.5 Å². The molecule has 1 aliphatic rings. The lowest BCUT2D eigenvalue weighted by Crippen LogP contribution is -2.51. The summed E-state index contributed by atoms with van der Waals surface area (Å²) in [7, 11) is 3.20. The van der Waals surface area contributed by atoms with Crippen LogP contribution in [0.15, 0.2) is 18.2 Å². The fraction of sp³-hybridized carbons (Fsp3) is 0.556. The number of piperazine rings is 1. The second kappa shape index (κ2) is 9.28. The van der Waals surface area contributed by atoms with Crippen LogP contribution in [0.3, 0.4) is 0 Å². The molecule has 2 rings (SSSR count). The van der Waals surface area contributed by atoms with Gasteiger partial charge in [-0.25, -0.2) is 4.79 Å². The van der Waals surface area contributed by atoms with E-state index in [0.29, 0.717) is 49.9 Å². The number of ether oxygens (including phenoxy) is 2. The molecule has 1 fully saturated rings. The Morgan fingerprint density at radius 1 is 1.19 bits per heavy atom. The Morgan fingerprint density at radius 2 is 1.88 bits per heavy atom. The summed E-state index contributed by atoms with van der Waals surface area (Å²) in [5.74, 6) is 1.23. The molecule has 2 N–H and O–H groups in total. The Hall–Kier alpha value is -2.48. The normalized spacial score (nSPS) is 14.9. The minimum Gasteiger partial charge on any atom is -0.497 e. The van der Waals surface area contributed by atoms with Gasteiger partial charge >= 0.3 is 6.03 Å². The maximum Gasteiger partial charge on any atom is 0.322 e.